The first-order valence-electron chi connectivity index (χ1n) is 7.91. The Morgan fingerprint density at radius 2 is 2.35 bits per heavy atom. The zero-order chi connectivity index (χ0) is 16.8. The van der Waals surface area contributed by atoms with E-state index in [2.05, 4.69) is 10.2 Å². The van der Waals surface area contributed by atoms with Crippen LogP contribution < -0.4 is 5.32 Å². The lowest BCUT2D eigenvalue weighted by Crippen LogP contribution is -2.33. The highest BCUT2D eigenvalue weighted by molar-refractivity contribution is 7.14. The molecule has 128 valence electrons. The van der Waals surface area contributed by atoms with Crippen LogP contribution in [0.15, 0.2) is 6.07 Å². The van der Waals surface area contributed by atoms with Gasteiger partial charge in [0.2, 0.25) is 0 Å². The van der Waals surface area contributed by atoms with E-state index >= 15 is 0 Å². The van der Waals surface area contributed by atoms with Crippen molar-refractivity contribution in [3.8, 4) is 0 Å². The van der Waals surface area contributed by atoms with Crippen LogP contribution in [-0.2, 0) is 0 Å². The van der Waals surface area contributed by atoms with Crippen LogP contribution in [0, 0.1) is 17.0 Å². The number of aliphatic hydroxyl groups is 1. The molecule has 1 unspecified atom stereocenters. The van der Waals surface area contributed by atoms with Crippen molar-refractivity contribution in [2.75, 3.05) is 26.2 Å². The summed E-state index contributed by atoms with van der Waals surface area (Å²) in [6.07, 6.45) is 4.01. The number of likely N-dealkylation sites (tertiary alicyclic amines) is 1. The summed E-state index contributed by atoms with van der Waals surface area (Å²) in [5.41, 5.74) is 0.00392. The Balaban J connectivity index is 1.69. The fourth-order valence-electron chi connectivity index (χ4n) is 2.89. The van der Waals surface area contributed by atoms with Crippen molar-refractivity contribution >= 4 is 22.9 Å². The molecule has 1 atom stereocenters. The number of nitro groups is 1. The lowest BCUT2D eigenvalue weighted by molar-refractivity contribution is -0.385. The normalized spacial score (nSPS) is 18.3. The Morgan fingerprint density at radius 1 is 1.57 bits per heavy atom. The quantitative estimate of drug-likeness (QED) is 0.428. The van der Waals surface area contributed by atoms with Crippen LogP contribution in [0.4, 0.5) is 5.69 Å². The van der Waals surface area contributed by atoms with Crippen molar-refractivity contribution in [2.45, 2.75) is 38.6 Å². The number of amides is 1. The average molecular weight is 341 g/mol. The second kappa shape index (κ2) is 8.37. The Bertz CT molecular complexity index is 561. The van der Waals surface area contributed by atoms with E-state index < -0.39 is 4.92 Å². The van der Waals surface area contributed by atoms with Gasteiger partial charge in [0.1, 0.15) is 0 Å². The molecular weight excluding hydrogens is 318 g/mol. The minimum absolute atomic E-state index is 0.00392. The molecule has 0 aromatic carbocycles. The molecule has 0 radical (unpaired) electrons. The number of aliphatic hydroxyl groups excluding tert-OH is 1. The summed E-state index contributed by atoms with van der Waals surface area (Å²) in [5.74, 6) is -0.249. The van der Waals surface area contributed by atoms with Crippen molar-refractivity contribution in [3.63, 3.8) is 0 Å². The van der Waals surface area contributed by atoms with Gasteiger partial charge in [-0.3, -0.25) is 19.8 Å². The standard InChI is InChI=1S/C15H23N3O4S/c1-11-13(18(21)22)9-14(23-11)15(20)16-6-2-3-7-17-8-4-5-12(17)10-19/h9,12,19H,2-8,10H2,1H3,(H,16,20). The van der Waals surface area contributed by atoms with E-state index in [1.807, 2.05) is 0 Å². The molecule has 2 rings (SSSR count). The monoisotopic (exact) mass is 341 g/mol. The minimum Gasteiger partial charge on any atom is -0.395 e. The number of nitrogens with one attached hydrogen (secondary N) is 1. The van der Waals surface area contributed by atoms with E-state index in [9.17, 15) is 20.0 Å². The molecule has 1 saturated heterocycles. The van der Waals surface area contributed by atoms with Crippen molar-refractivity contribution in [1.82, 2.24) is 10.2 Å². The number of carbonyl (C=O) groups is 1. The van der Waals surface area contributed by atoms with Crippen LogP contribution in [0.3, 0.4) is 0 Å². The summed E-state index contributed by atoms with van der Waals surface area (Å²) < 4.78 is 0. The molecule has 0 spiro atoms. The number of hydrogen-bond donors (Lipinski definition) is 2. The third-order valence-corrected chi connectivity index (χ3v) is 5.22. The fraction of sp³-hybridized carbons (Fsp3) is 0.667. The van der Waals surface area contributed by atoms with Gasteiger partial charge in [-0.05, 0) is 45.7 Å². The van der Waals surface area contributed by atoms with Gasteiger partial charge in [0.15, 0.2) is 0 Å². The second-order valence-electron chi connectivity index (χ2n) is 5.79. The van der Waals surface area contributed by atoms with Gasteiger partial charge in [-0.15, -0.1) is 11.3 Å². The predicted molar refractivity (Wildman–Crippen MR) is 89.0 cm³/mol. The lowest BCUT2D eigenvalue weighted by atomic mass is 10.2. The second-order valence-corrected chi connectivity index (χ2v) is 7.04. The summed E-state index contributed by atoms with van der Waals surface area (Å²) in [6.45, 7) is 4.39. The van der Waals surface area contributed by atoms with Crippen molar-refractivity contribution in [3.05, 3.63) is 25.9 Å². The Morgan fingerprint density at radius 3 is 3.00 bits per heavy atom. The van der Waals surface area contributed by atoms with Crippen molar-refractivity contribution < 1.29 is 14.8 Å². The first-order chi connectivity index (χ1) is 11.0. The van der Waals surface area contributed by atoms with E-state index in [0.717, 1.165) is 50.1 Å². The third-order valence-electron chi connectivity index (χ3n) is 4.18. The number of nitrogens with zero attached hydrogens (tertiary/aromatic N) is 2. The maximum absolute atomic E-state index is 12.0. The molecule has 1 aromatic heterocycles. The first kappa shape index (κ1) is 17.8. The van der Waals surface area contributed by atoms with E-state index in [4.69, 9.17) is 0 Å². The highest BCUT2D eigenvalue weighted by atomic mass is 32.1. The van der Waals surface area contributed by atoms with Crippen LogP contribution in [0.25, 0.3) is 0 Å². The largest absolute Gasteiger partial charge is 0.395 e. The molecule has 23 heavy (non-hydrogen) atoms. The molecule has 0 saturated carbocycles. The Kier molecular flexibility index (Phi) is 6.49. The molecule has 2 N–H and O–H groups in total. The molecule has 1 aliphatic rings. The van der Waals surface area contributed by atoms with Gasteiger partial charge < -0.3 is 10.4 Å². The molecule has 1 aliphatic heterocycles. The van der Waals surface area contributed by atoms with Gasteiger partial charge in [-0.25, -0.2) is 0 Å². The average Bonchev–Trinajstić information content (AvgIpc) is 3.12. The summed E-state index contributed by atoms with van der Waals surface area (Å²) in [5, 5.41) is 22.9. The van der Waals surface area contributed by atoms with Crippen LogP contribution >= 0.6 is 11.3 Å². The SMILES string of the molecule is Cc1sc(C(=O)NCCCCN2CCCC2CO)cc1[N+](=O)[O-]. The number of hydrogen-bond acceptors (Lipinski definition) is 6. The topological polar surface area (TPSA) is 95.7 Å². The Labute approximate surface area is 139 Å². The van der Waals surface area contributed by atoms with Crippen LogP contribution in [0.1, 0.15) is 40.2 Å². The van der Waals surface area contributed by atoms with E-state index in [1.165, 1.54) is 6.07 Å². The number of unbranched alkanes of at least 4 members (excludes halogenated alkanes) is 1. The number of carbonyl (C=O) groups excluding carboxylic acids is 1. The molecule has 1 amide bonds. The van der Waals surface area contributed by atoms with Gasteiger partial charge in [0.25, 0.3) is 11.6 Å². The maximum Gasteiger partial charge on any atom is 0.283 e. The molecule has 1 aromatic rings. The van der Waals surface area contributed by atoms with Crippen molar-refractivity contribution in [2.24, 2.45) is 0 Å². The molecule has 0 aliphatic carbocycles. The van der Waals surface area contributed by atoms with E-state index in [1.54, 1.807) is 6.92 Å². The van der Waals surface area contributed by atoms with Gasteiger partial charge >= 0.3 is 0 Å². The first-order valence-corrected chi connectivity index (χ1v) is 8.72. The number of rotatable bonds is 8. The zero-order valence-corrected chi connectivity index (χ0v) is 14.1. The molecule has 1 fully saturated rings. The molecule has 7 nitrogen and oxygen atoms in total. The third kappa shape index (κ3) is 4.73. The van der Waals surface area contributed by atoms with Gasteiger partial charge in [0, 0.05) is 18.7 Å². The molecule has 0 bridgehead atoms. The minimum atomic E-state index is -0.462. The summed E-state index contributed by atoms with van der Waals surface area (Å²) in [6, 6.07) is 1.63. The van der Waals surface area contributed by atoms with Gasteiger partial charge in [0.05, 0.1) is 21.3 Å². The van der Waals surface area contributed by atoms with Crippen LogP contribution in [-0.4, -0.2) is 53.1 Å². The number of aryl methyl sites for hydroxylation is 1. The maximum atomic E-state index is 12.0. The van der Waals surface area contributed by atoms with Crippen LogP contribution in [0.5, 0.6) is 0 Å². The summed E-state index contributed by atoms with van der Waals surface area (Å²) in [4.78, 5) is 25.5. The predicted octanol–water partition coefficient (Wildman–Crippen LogP) is 1.93. The Hall–Kier alpha value is -1.51. The van der Waals surface area contributed by atoms with Crippen LogP contribution in [0.2, 0.25) is 0 Å². The molecule has 2 heterocycles. The summed E-state index contributed by atoms with van der Waals surface area (Å²) in [7, 11) is 0. The molecule has 8 heteroatoms. The zero-order valence-electron chi connectivity index (χ0n) is 13.3. The lowest BCUT2D eigenvalue weighted by Gasteiger charge is -2.22. The van der Waals surface area contributed by atoms with E-state index in [0.29, 0.717) is 22.3 Å². The smallest absolute Gasteiger partial charge is 0.283 e. The highest BCUT2D eigenvalue weighted by Crippen LogP contribution is 2.27. The van der Waals surface area contributed by atoms with Crippen molar-refractivity contribution in [1.29, 1.82) is 0 Å². The number of thiophene rings is 1. The highest BCUT2D eigenvalue weighted by Gasteiger charge is 2.23. The van der Waals surface area contributed by atoms with Gasteiger partial charge in [-0.2, -0.15) is 0 Å². The fourth-order valence-corrected chi connectivity index (χ4v) is 3.79. The van der Waals surface area contributed by atoms with E-state index in [-0.39, 0.29) is 18.2 Å². The molecular formula is C15H23N3O4S. The van der Waals surface area contributed by atoms with Gasteiger partial charge in [-0.1, -0.05) is 0 Å². The summed E-state index contributed by atoms with van der Waals surface area (Å²) >= 11 is 1.15.